The Kier molecular flexibility index (Phi) is 6.47. The average molecular weight is 419 g/mol. The fourth-order valence-corrected chi connectivity index (χ4v) is 3.60. The standard InChI is InChI=1S/C15H21N3OS.HI/c16-15(18-6-9-20-10-7-18)17-11-12-5-8-19-14-4-2-1-3-13(12)14;/h1-4,12H,5-11H2,(H2,16,17);1H. The summed E-state index contributed by atoms with van der Waals surface area (Å²) in [5.41, 5.74) is 7.39. The van der Waals surface area contributed by atoms with Crippen molar-refractivity contribution >= 4 is 41.7 Å². The number of fused-ring (bicyclic) bond motifs is 1. The second kappa shape index (κ2) is 8.12. The van der Waals surface area contributed by atoms with Crippen LogP contribution in [-0.4, -0.2) is 48.6 Å². The molecule has 3 rings (SSSR count). The second-order valence-corrected chi connectivity index (χ2v) is 6.39. The van der Waals surface area contributed by atoms with Gasteiger partial charge in [0.15, 0.2) is 5.96 Å². The highest BCUT2D eigenvalue weighted by atomic mass is 127. The number of halogens is 1. The SMILES string of the molecule is I.NC(=NCC1CCOc2ccccc21)N1CCSCC1. The Bertz CT molecular complexity index is 492. The monoisotopic (exact) mass is 419 g/mol. The van der Waals surface area contributed by atoms with E-state index in [2.05, 4.69) is 22.0 Å². The highest BCUT2D eigenvalue weighted by Gasteiger charge is 2.21. The third-order valence-corrected chi connectivity index (χ3v) is 4.83. The van der Waals surface area contributed by atoms with Crippen LogP contribution in [-0.2, 0) is 0 Å². The topological polar surface area (TPSA) is 50.9 Å². The first-order valence-electron chi connectivity index (χ1n) is 7.19. The minimum atomic E-state index is 0. The molecule has 2 aliphatic heterocycles. The predicted molar refractivity (Wildman–Crippen MR) is 100 cm³/mol. The molecule has 0 saturated carbocycles. The van der Waals surface area contributed by atoms with E-state index in [1.807, 2.05) is 23.9 Å². The van der Waals surface area contributed by atoms with Crippen molar-refractivity contribution in [1.82, 2.24) is 4.90 Å². The van der Waals surface area contributed by atoms with Crippen LogP contribution in [0.4, 0.5) is 0 Å². The summed E-state index contributed by atoms with van der Waals surface area (Å²) in [7, 11) is 0. The molecular weight excluding hydrogens is 397 g/mol. The van der Waals surface area contributed by atoms with Crippen molar-refractivity contribution in [2.24, 2.45) is 10.7 Å². The van der Waals surface area contributed by atoms with Crippen LogP contribution in [0.15, 0.2) is 29.3 Å². The van der Waals surface area contributed by atoms with Crippen LogP contribution in [0.1, 0.15) is 17.9 Å². The van der Waals surface area contributed by atoms with Gasteiger partial charge in [0, 0.05) is 37.1 Å². The van der Waals surface area contributed by atoms with Gasteiger partial charge in [-0.3, -0.25) is 4.99 Å². The van der Waals surface area contributed by atoms with Crippen LogP contribution in [0.2, 0.25) is 0 Å². The van der Waals surface area contributed by atoms with Crippen LogP contribution in [0.25, 0.3) is 0 Å². The zero-order valence-corrected chi connectivity index (χ0v) is 15.2. The van der Waals surface area contributed by atoms with Gasteiger partial charge < -0.3 is 15.4 Å². The van der Waals surface area contributed by atoms with E-state index in [1.54, 1.807) is 0 Å². The van der Waals surface area contributed by atoms with Gasteiger partial charge in [0.1, 0.15) is 5.75 Å². The highest BCUT2D eigenvalue weighted by molar-refractivity contribution is 14.0. The number of rotatable bonds is 2. The molecule has 1 atom stereocenters. The molecule has 1 fully saturated rings. The maximum absolute atomic E-state index is 6.12. The number of guanidine groups is 1. The molecule has 1 aromatic rings. The largest absolute Gasteiger partial charge is 0.493 e. The van der Waals surface area contributed by atoms with Gasteiger partial charge in [0.2, 0.25) is 0 Å². The normalized spacial score (nSPS) is 22.0. The molecule has 2 N–H and O–H groups in total. The number of ether oxygens (including phenoxy) is 1. The molecule has 0 radical (unpaired) electrons. The van der Waals surface area contributed by atoms with E-state index in [1.165, 1.54) is 5.56 Å². The lowest BCUT2D eigenvalue weighted by molar-refractivity contribution is 0.268. The summed E-state index contributed by atoms with van der Waals surface area (Å²) in [6.45, 7) is 3.57. The van der Waals surface area contributed by atoms with Crippen LogP contribution in [0, 0.1) is 0 Å². The Balaban J connectivity index is 0.00000161. The van der Waals surface area contributed by atoms with Crippen molar-refractivity contribution in [3.8, 4) is 5.75 Å². The van der Waals surface area contributed by atoms with Gasteiger partial charge in [-0.05, 0) is 18.1 Å². The van der Waals surface area contributed by atoms with E-state index in [4.69, 9.17) is 10.5 Å². The summed E-state index contributed by atoms with van der Waals surface area (Å²) in [5.74, 6) is 4.44. The lowest BCUT2D eigenvalue weighted by atomic mass is 9.93. The molecule has 1 unspecified atom stereocenters. The van der Waals surface area contributed by atoms with Crippen molar-refractivity contribution in [2.45, 2.75) is 12.3 Å². The molecule has 1 saturated heterocycles. The Morgan fingerprint density at radius 1 is 1.33 bits per heavy atom. The minimum absolute atomic E-state index is 0. The lowest BCUT2D eigenvalue weighted by Gasteiger charge is -2.28. The van der Waals surface area contributed by atoms with Crippen LogP contribution >= 0.6 is 35.7 Å². The van der Waals surface area contributed by atoms with Crippen LogP contribution in [0.5, 0.6) is 5.75 Å². The first kappa shape index (κ1) is 16.7. The van der Waals surface area contributed by atoms with E-state index in [0.717, 1.165) is 49.9 Å². The van der Waals surface area contributed by atoms with Gasteiger partial charge in [0.05, 0.1) is 6.61 Å². The summed E-state index contributed by atoms with van der Waals surface area (Å²) < 4.78 is 5.68. The fourth-order valence-electron chi connectivity index (χ4n) is 2.70. The molecule has 0 bridgehead atoms. The number of para-hydroxylation sites is 1. The van der Waals surface area contributed by atoms with Crippen molar-refractivity contribution in [1.29, 1.82) is 0 Å². The van der Waals surface area contributed by atoms with E-state index in [0.29, 0.717) is 11.9 Å². The molecule has 0 aromatic heterocycles. The number of hydrogen-bond donors (Lipinski definition) is 1. The van der Waals surface area contributed by atoms with Crippen molar-refractivity contribution in [2.75, 3.05) is 37.7 Å². The molecule has 2 aliphatic rings. The maximum Gasteiger partial charge on any atom is 0.191 e. The van der Waals surface area contributed by atoms with Gasteiger partial charge in [-0.2, -0.15) is 11.8 Å². The molecule has 0 amide bonds. The number of nitrogens with zero attached hydrogens (tertiary/aromatic N) is 2. The summed E-state index contributed by atoms with van der Waals surface area (Å²) in [4.78, 5) is 6.82. The fraction of sp³-hybridized carbons (Fsp3) is 0.533. The molecule has 0 aliphatic carbocycles. The molecular formula is C15H22IN3OS. The summed E-state index contributed by atoms with van der Waals surface area (Å²) in [6.07, 6.45) is 1.02. The first-order chi connectivity index (χ1) is 9.84. The van der Waals surface area contributed by atoms with E-state index >= 15 is 0 Å². The van der Waals surface area contributed by atoms with Gasteiger partial charge in [-0.15, -0.1) is 24.0 Å². The van der Waals surface area contributed by atoms with E-state index < -0.39 is 0 Å². The van der Waals surface area contributed by atoms with Crippen molar-refractivity contribution in [3.05, 3.63) is 29.8 Å². The Labute approximate surface area is 147 Å². The highest BCUT2D eigenvalue weighted by Crippen LogP contribution is 2.33. The zero-order valence-electron chi connectivity index (χ0n) is 12.0. The van der Waals surface area contributed by atoms with Gasteiger partial charge in [-0.25, -0.2) is 0 Å². The van der Waals surface area contributed by atoms with Crippen LogP contribution < -0.4 is 10.5 Å². The van der Waals surface area contributed by atoms with E-state index in [9.17, 15) is 0 Å². The second-order valence-electron chi connectivity index (χ2n) is 5.17. The quantitative estimate of drug-likeness (QED) is 0.455. The summed E-state index contributed by atoms with van der Waals surface area (Å²) >= 11 is 1.98. The van der Waals surface area contributed by atoms with Gasteiger partial charge >= 0.3 is 0 Å². The van der Waals surface area contributed by atoms with E-state index in [-0.39, 0.29) is 24.0 Å². The zero-order chi connectivity index (χ0) is 13.8. The van der Waals surface area contributed by atoms with Gasteiger partial charge in [0.25, 0.3) is 0 Å². The smallest absolute Gasteiger partial charge is 0.191 e. The Hall–Kier alpha value is -0.630. The number of hydrogen-bond acceptors (Lipinski definition) is 3. The Morgan fingerprint density at radius 2 is 2.10 bits per heavy atom. The van der Waals surface area contributed by atoms with Gasteiger partial charge in [-0.1, -0.05) is 18.2 Å². The molecule has 4 nitrogen and oxygen atoms in total. The molecule has 21 heavy (non-hydrogen) atoms. The molecule has 1 aromatic carbocycles. The number of benzene rings is 1. The molecule has 2 heterocycles. The maximum atomic E-state index is 6.12. The Morgan fingerprint density at radius 3 is 2.90 bits per heavy atom. The van der Waals surface area contributed by atoms with Crippen molar-refractivity contribution < 1.29 is 4.74 Å². The molecule has 6 heteroatoms. The third-order valence-electron chi connectivity index (χ3n) is 3.89. The lowest BCUT2D eigenvalue weighted by Crippen LogP contribution is -2.42. The van der Waals surface area contributed by atoms with Crippen molar-refractivity contribution in [3.63, 3.8) is 0 Å². The predicted octanol–water partition coefficient (Wildman–Crippen LogP) is 2.53. The summed E-state index contributed by atoms with van der Waals surface area (Å²) in [5, 5.41) is 0. The minimum Gasteiger partial charge on any atom is -0.493 e. The average Bonchev–Trinajstić information content (AvgIpc) is 2.53. The molecule has 116 valence electrons. The number of aliphatic imine (C=N–C) groups is 1. The first-order valence-corrected chi connectivity index (χ1v) is 8.34. The number of nitrogens with two attached hydrogens (primary N) is 1. The van der Waals surface area contributed by atoms with Crippen LogP contribution in [0.3, 0.4) is 0 Å². The molecule has 0 spiro atoms. The third kappa shape index (κ3) is 4.18. The number of thioether (sulfide) groups is 1. The summed E-state index contributed by atoms with van der Waals surface area (Å²) in [6, 6.07) is 8.26.